The lowest BCUT2D eigenvalue weighted by Gasteiger charge is -2.23. The summed E-state index contributed by atoms with van der Waals surface area (Å²) in [5.74, 6) is -0.420. The molecular weight excluding hydrogens is 412 g/mol. The van der Waals surface area contributed by atoms with E-state index in [1.807, 2.05) is 38.1 Å². The molecular formula is C21H21ClN2O4S. The first-order chi connectivity index (χ1) is 13.8. The van der Waals surface area contributed by atoms with Crippen molar-refractivity contribution in [2.75, 3.05) is 20.3 Å². The number of rotatable bonds is 7. The van der Waals surface area contributed by atoms with Crippen LogP contribution in [0, 0.1) is 6.92 Å². The minimum absolute atomic E-state index is 0.230. The van der Waals surface area contributed by atoms with Crippen molar-refractivity contribution < 1.29 is 19.1 Å². The third kappa shape index (κ3) is 5.25. The van der Waals surface area contributed by atoms with Gasteiger partial charge in [-0.2, -0.15) is 0 Å². The number of thiazole rings is 1. The highest BCUT2D eigenvalue weighted by Gasteiger charge is 2.21. The van der Waals surface area contributed by atoms with Gasteiger partial charge < -0.3 is 14.4 Å². The summed E-state index contributed by atoms with van der Waals surface area (Å²) in [5, 5.41) is 1.45. The Bertz CT molecular complexity index is 1000. The normalized spacial score (nSPS) is 11.9. The van der Waals surface area contributed by atoms with E-state index >= 15 is 0 Å². The van der Waals surface area contributed by atoms with Gasteiger partial charge in [0.05, 0.1) is 16.3 Å². The highest BCUT2D eigenvalue weighted by molar-refractivity contribution is 7.18. The number of benzene rings is 2. The van der Waals surface area contributed by atoms with Crippen LogP contribution in [-0.4, -0.2) is 42.0 Å². The molecule has 2 aromatic carbocycles. The van der Waals surface area contributed by atoms with E-state index in [1.165, 1.54) is 4.90 Å². The van der Waals surface area contributed by atoms with Gasteiger partial charge in [-0.05, 0) is 49.7 Å². The number of carbonyl (C=O) groups excluding carboxylic acids is 2. The number of hydrogen-bond donors (Lipinski definition) is 0. The van der Waals surface area contributed by atoms with Crippen LogP contribution in [0.2, 0.25) is 5.02 Å². The molecule has 152 valence electrons. The minimum Gasteiger partial charge on any atom is -0.482 e. The molecule has 0 saturated heterocycles. The second kappa shape index (κ2) is 9.24. The molecule has 0 saturated carbocycles. The van der Waals surface area contributed by atoms with Crippen molar-refractivity contribution in [1.82, 2.24) is 9.88 Å². The Balaban J connectivity index is 1.49. The Hall–Kier alpha value is -2.64. The number of para-hydroxylation sites is 1. The van der Waals surface area contributed by atoms with Gasteiger partial charge in [-0.1, -0.05) is 23.7 Å². The van der Waals surface area contributed by atoms with Gasteiger partial charge in [0.25, 0.3) is 5.91 Å². The summed E-state index contributed by atoms with van der Waals surface area (Å²) in [4.78, 5) is 30.4. The van der Waals surface area contributed by atoms with Gasteiger partial charge in [0.1, 0.15) is 10.8 Å². The Morgan fingerprint density at radius 3 is 2.69 bits per heavy atom. The average Bonchev–Trinajstić information content (AvgIpc) is 3.16. The summed E-state index contributed by atoms with van der Waals surface area (Å²) in [6.07, 6.45) is 0. The fourth-order valence-corrected chi connectivity index (χ4v) is 3.77. The molecule has 1 unspecified atom stereocenters. The van der Waals surface area contributed by atoms with Gasteiger partial charge in [-0.3, -0.25) is 4.79 Å². The van der Waals surface area contributed by atoms with Crippen LogP contribution < -0.4 is 4.74 Å². The summed E-state index contributed by atoms with van der Waals surface area (Å²) in [5.41, 5.74) is 1.75. The number of aryl methyl sites for hydroxylation is 1. The van der Waals surface area contributed by atoms with Crippen LogP contribution in [0.15, 0.2) is 42.5 Å². The number of hydrogen-bond acceptors (Lipinski definition) is 6. The Kier molecular flexibility index (Phi) is 6.71. The minimum atomic E-state index is -0.619. The number of carbonyl (C=O) groups is 2. The van der Waals surface area contributed by atoms with Gasteiger partial charge in [0.15, 0.2) is 13.2 Å². The zero-order valence-corrected chi connectivity index (χ0v) is 17.9. The first kappa shape index (κ1) is 21.1. The molecule has 8 heteroatoms. The fraction of sp³-hybridized carbons (Fsp3) is 0.286. The lowest BCUT2D eigenvalue weighted by Crippen LogP contribution is -2.34. The summed E-state index contributed by atoms with van der Waals surface area (Å²) < 4.78 is 11.5. The molecule has 3 rings (SSSR count). The first-order valence-corrected chi connectivity index (χ1v) is 10.2. The molecule has 0 fully saturated rings. The van der Waals surface area contributed by atoms with E-state index in [9.17, 15) is 9.59 Å². The van der Waals surface area contributed by atoms with E-state index < -0.39 is 5.97 Å². The van der Waals surface area contributed by atoms with Gasteiger partial charge in [0, 0.05) is 12.1 Å². The number of nitrogens with zero attached hydrogens (tertiary/aromatic N) is 2. The molecule has 0 N–H and O–H groups in total. The SMILES string of the molecule is Cc1cc(OCC(=O)OCC(=O)N(C)C(C)c2nc3ccccc3s2)ccc1Cl. The average molecular weight is 433 g/mol. The standard InChI is InChI=1S/C21H21ClN2O4S/c1-13-10-15(8-9-16(13)22)27-12-20(26)28-11-19(25)24(3)14(2)21-23-17-6-4-5-7-18(17)29-21/h4-10,14H,11-12H2,1-3H3. The molecule has 0 aliphatic rings. The summed E-state index contributed by atoms with van der Waals surface area (Å²) >= 11 is 7.50. The van der Waals surface area contributed by atoms with Crippen LogP contribution in [0.4, 0.5) is 0 Å². The lowest BCUT2D eigenvalue weighted by molar-refractivity contribution is -0.153. The quantitative estimate of drug-likeness (QED) is 0.517. The van der Waals surface area contributed by atoms with E-state index in [-0.39, 0.29) is 25.2 Å². The Labute approximate surface area is 178 Å². The molecule has 0 aliphatic heterocycles. The smallest absolute Gasteiger partial charge is 0.344 e. The Morgan fingerprint density at radius 2 is 1.97 bits per heavy atom. The van der Waals surface area contributed by atoms with Crippen molar-refractivity contribution >= 4 is 45.0 Å². The number of ether oxygens (including phenoxy) is 2. The van der Waals surface area contributed by atoms with Crippen LogP contribution >= 0.6 is 22.9 Å². The third-order valence-corrected chi connectivity index (χ3v) is 6.12. The molecule has 0 spiro atoms. The van der Waals surface area contributed by atoms with Gasteiger partial charge in [-0.25, -0.2) is 9.78 Å². The molecule has 1 aromatic heterocycles. The van der Waals surface area contributed by atoms with Crippen molar-refractivity contribution in [3.05, 3.63) is 58.1 Å². The molecule has 1 heterocycles. The summed E-state index contributed by atoms with van der Waals surface area (Å²) in [6.45, 7) is 3.09. The summed E-state index contributed by atoms with van der Waals surface area (Å²) in [6, 6.07) is 12.7. The van der Waals surface area contributed by atoms with E-state index in [1.54, 1.807) is 36.6 Å². The van der Waals surface area contributed by atoms with E-state index in [2.05, 4.69) is 4.98 Å². The monoisotopic (exact) mass is 432 g/mol. The van der Waals surface area contributed by atoms with E-state index in [4.69, 9.17) is 21.1 Å². The fourth-order valence-electron chi connectivity index (χ4n) is 2.59. The van der Waals surface area contributed by atoms with Crippen LogP contribution in [0.5, 0.6) is 5.75 Å². The zero-order valence-electron chi connectivity index (χ0n) is 16.3. The molecule has 1 atom stereocenters. The molecule has 0 aliphatic carbocycles. The van der Waals surface area contributed by atoms with Crippen molar-refractivity contribution in [1.29, 1.82) is 0 Å². The molecule has 3 aromatic rings. The topological polar surface area (TPSA) is 68.7 Å². The van der Waals surface area contributed by atoms with Gasteiger partial charge in [0.2, 0.25) is 0 Å². The van der Waals surface area contributed by atoms with Crippen molar-refractivity contribution in [2.45, 2.75) is 19.9 Å². The molecule has 6 nitrogen and oxygen atoms in total. The zero-order chi connectivity index (χ0) is 21.0. The summed E-state index contributed by atoms with van der Waals surface area (Å²) in [7, 11) is 1.67. The largest absolute Gasteiger partial charge is 0.482 e. The predicted octanol–water partition coefficient (Wildman–Crippen LogP) is 4.40. The van der Waals surface area contributed by atoms with Crippen LogP contribution in [0.3, 0.4) is 0 Å². The third-order valence-electron chi connectivity index (χ3n) is 4.48. The van der Waals surface area contributed by atoms with Crippen LogP contribution in [0.25, 0.3) is 10.2 Å². The molecule has 29 heavy (non-hydrogen) atoms. The van der Waals surface area contributed by atoms with Crippen molar-refractivity contribution in [2.24, 2.45) is 0 Å². The van der Waals surface area contributed by atoms with Crippen LogP contribution in [-0.2, 0) is 14.3 Å². The maximum Gasteiger partial charge on any atom is 0.344 e. The number of esters is 1. The van der Waals surface area contributed by atoms with Crippen LogP contribution in [0.1, 0.15) is 23.5 Å². The maximum absolute atomic E-state index is 12.4. The first-order valence-electron chi connectivity index (χ1n) is 9.01. The predicted molar refractivity (Wildman–Crippen MR) is 113 cm³/mol. The van der Waals surface area contributed by atoms with Crippen molar-refractivity contribution in [3.63, 3.8) is 0 Å². The number of amides is 1. The molecule has 1 amide bonds. The van der Waals surface area contributed by atoms with E-state index in [0.717, 1.165) is 20.8 Å². The lowest BCUT2D eigenvalue weighted by atomic mass is 10.2. The second-order valence-electron chi connectivity index (χ2n) is 6.56. The maximum atomic E-state index is 12.4. The molecule has 0 radical (unpaired) electrons. The number of likely N-dealkylation sites (N-methyl/N-ethyl adjacent to an activating group) is 1. The second-order valence-corrected chi connectivity index (χ2v) is 8.03. The number of fused-ring (bicyclic) bond motifs is 1. The Morgan fingerprint density at radius 1 is 1.21 bits per heavy atom. The highest BCUT2D eigenvalue weighted by Crippen LogP contribution is 2.28. The number of aromatic nitrogens is 1. The molecule has 0 bridgehead atoms. The van der Waals surface area contributed by atoms with Crippen molar-refractivity contribution in [3.8, 4) is 5.75 Å². The van der Waals surface area contributed by atoms with Gasteiger partial charge >= 0.3 is 5.97 Å². The number of halogens is 1. The van der Waals surface area contributed by atoms with E-state index in [0.29, 0.717) is 10.8 Å². The van der Waals surface area contributed by atoms with Gasteiger partial charge in [-0.15, -0.1) is 11.3 Å². The highest BCUT2D eigenvalue weighted by atomic mass is 35.5.